The zero-order valence-electron chi connectivity index (χ0n) is 12.2. The Morgan fingerprint density at radius 3 is 1.50 bits per heavy atom. The molecule has 0 amide bonds. The third-order valence-corrected chi connectivity index (χ3v) is 3.16. The van der Waals surface area contributed by atoms with E-state index < -0.39 is 11.8 Å². The molecule has 5 heteroatoms. The standard InChI is InChI=1S/C17H15FO4/c1-21-13-7-3-11(4-8-13)15(16(18)17(19)20)12-5-9-14(22-2)10-6-12/h3-10H,1-2H3,(H,19,20). The van der Waals surface area contributed by atoms with Gasteiger partial charge in [0.05, 0.1) is 14.2 Å². The van der Waals surface area contributed by atoms with Crippen molar-refractivity contribution in [3.63, 3.8) is 0 Å². The Kier molecular flexibility index (Phi) is 4.78. The highest BCUT2D eigenvalue weighted by atomic mass is 19.1. The lowest BCUT2D eigenvalue weighted by Crippen LogP contribution is -2.01. The number of aliphatic carboxylic acids is 1. The fraction of sp³-hybridized carbons (Fsp3) is 0.118. The van der Waals surface area contributed by atoms with Crippen LogP contribution in [0, 0.1) is 0 Å². The van der Waals surface area contributed by atoms with E-state index in [9.17, 15) is 9.18 Å². The number of carbonyl (C=O) groups is 1. The first-order valence-electron chi connectivity index (χ1n) is 6.48. The van der Waals surface area contributed by atoms with E-state index in [-0.39, 0.29) is 5.57 Å². The summed E-state index contributed by atoms with van der Waals surface area (Å²) in [4.78, 5) is 11.1. The first-order valence-corrected chi connectivity index (χ1v) is 6.48. The Hall–Kier alpha value is -2.82. The molecule has 1 N–H and O–H groups in total. The zero-order valence-corrected chi connectivity index (χ0v) is 12.2. The molecule has 2 rings (SSSR count). The number of benzene rings is 2. The molecule has 2 aromatic carbocycles. The van der Waals surface area contributed by atoms with Crippen LogP contribution in [0.25, 0.3) is 5.57 Å². The first-order chi connectivity index (χ1) is 10.6. The highest BCUT2D eigenvalue weighted by Gasteiger charge is 2.18. The Morgan fingerprint density at radius 2 is 1.23 bits per heavy atom. The molecule has 0 aliphatic heterocycles. The van der Waals surface area contributed by atoms with Crippen molar-refractivity contribution in [1.82, 2.24) is 0 Å². The number of hydrogen-bond acceptors (Lipinski definition) is 3. The van der Waals surface area contributed by atoms with Gasteiger partial charge in [-0.05, 0) is 35.4 Å². The summed E-state index contributed by atoms with van der Waals surface area (Å²) in [5, 5.41) is 8.99. The van der Waals surface area contributed by atoms with Crippen LogP contribution in [0.3, 0.4) is 0 Å². The molecule has 0 spiro atoms. The summed E-state index contributed by atoms with van der Waals surface area (Å²) >= 11 is 0. The van der Waals surface area contributed by atoms with E-state index in [0.29, 0.717) is 22.6 Å². The van der Waals surface area contributed by atoms with Gasteiger partial charge < -0.3 is 14.6 Å². The molecule has 22 heavy (non-hydrogen) atoms. The predicted molar refractivity (Wildman–Crippen MR) is 80.8 cm³/mol. The normalized spacial score (nSPS) is 9.95. The number of carboxylic acids is 1. The molecule has 0 unspecified atom stereocenters. The van der Waals surface area contributed by atoms with Crippen molar-refractivity contribution in [2.24, 2.45) is 0 Å². The van der Waals surface area contributed by atoms with E-state index in [0.717, 1.165) is 0 Å². The molecule has 0 saturated carbocycles. The van der Waals surface area contributed by atoms with Gasteiger partial charge in [-0.3, -0.25) is 0 Å². The van der Waals surface area contributed by atoms with Crippen molar-refractivity contribution >= 4 is 11.5 Å². The topological polar surface area (TPSA) is 55.8 Å². The highest BCUT2D eigenvalue weighted by Crippen LogP contribution is 2.30. The monoisotopic (exact) mass is 302 g/mol. The largest absolute Gasteiger partial charge is 0.497 e. The van der Waals surface area contributed by atoms with Gasteiger partial charge in [0, 0.05) is 5.57 Å². The van der Waals surface area contributed by atoms with Crippen LogP contribution in [0.15, 0.2) is 54.4 Å². The van der Waals surface area contributed by atoms with Gasteiger partial charge in [0.1, 0.15) is 11.5 Å². The molecular weight excluding hydrogens is 287 g/mol. The SMILES string of the molecule is COc1ccc(C(=C(F)C(=O)O)c2ccc(OC)cc2)cc1. The van der Waals surface area contributed by atoms with Crippen molar-refractivity contribution < 1.29 is 23.8 Å². The molecule has 0 heterocycles. The number of methoxy groups -OCH3 is 2. The molecule has 0 bridgehead atoms. The number of carboxylic acid groups (broad SMARTS) is 1. The lowest BCUT2D eigenvalue weighted by atomic mass is 9.96. The van der Waals surface area contributed by atoms with E-state index in [2.05, 4.69) is 0 Å². The van der Waals surface area contributed by atoms with Crippen molar-refractivity contribution in [1.29, 1.82) is 0 Å². The van der Waals surface area contributed by atoms with Crippen LogP contribution in [0.1, 0.15) is 11.1 Å². The van der Waals surface area contributed by atoms with Gasteiger partial charge in [0.25, 0.3) is 0 Å². The number of halogens is 1. The molecular formula is C17H15FO4. The van der Waals surface area contributed by atoms with Gasteiger partial charge in [-0.15, -0.1) is 0 Å². The number of hydrogen-bond donors (Lipinski definition) is 1. The zero-order chi connectivity index (χ0) is 16.1. The molecule has 0 radical (unpaired) electrons. The van der Waals surface area contributed by atoms with Crippen LogP contribution in [0.4, 0.5) is 4.39 Å². The van der Waals surface area contributed by atoms with Crippen molar-refractivity contribution in [2.75, 3.05) is 14.2 Å². The molecule has 0 atom stereocenters. The molecule has 4 nitrogen and oxygen atoms in total. The summed E-state index contributed by atoms with van der Waals surface area (Å²) in [7, 11) is 3.04. The van der Waals surface area contributed by atoms with E-state index in [1.807, 2.05) is 0 Å². The number of rotatable bonds is 5. The van der Waals surface area contributed by atoms with Crippen LogP contribution in [-0.4, -0.2) is 25.3 Å². The minimum absolute atomic E-state index is 0.0119. The van der Waals surface area contributed by atoms with Crippen LogP contribution in [0.2, 0.25) is 0 Å². The minimum Gasteiger partial charge on any atom is -0.497 e. The lowest BCUT2D eigenvalue weighted by Gasteiger charge is -2.10. The van der Waals surface area contributed by atoms with Crippen LogP contribution < -0.4 is 9.47 Å². The first kappa shape index (κ1) is 15.6. The van der Waals surface area contributed by atoms with Gasteiger partial charge >= 0.3 is 5.97 Å². The average Bonchev–Trinajstić information content (AvgIpc) is 2.56. The Labute approximate surface area is 127 Å². The Balaban J connectivity index is 2.55. The lowest BCUT2D eigenvalue weighted by molar-refractivity contribution is -0.134. The van der Waals surface area contributed by atoms with Crippen LogP contribution in [0.5, 0.6) is 11.5 Å². The van der Waals surface area contributed by atoms with Crippen LogP contribution in [-0.2, 0) is 4.79 Å². The summed E-state index contributed by atoms with van der Waals surface area (Å²) in [6.07, 6.45) is 0. The van der Waals surface area contributed by atoms with Gasteiger partial charge in [0.2, 0.25) is 5.83 Å². The second kappa shape index (κ2) is 6.76. The highest BCUT2D eigenvalue weighted by molar-refractivity contribution is 5.98. The summed E-state index contributed by atoms with van der Waals surface area (Å²) in [5.41, 5.74) is 0.912. The van der Waals surface area contributed by atoms with Gasteiger partial charge in [0.15, 0.2) is 0 Å². The van der Waals surface area contributed by atoms with Gasteiger partial charge in [-0.1, -0.05) is 24.3 Å². The summed E-state index contributed by atoms with van der Waals surface area (Å²) in [6.45, 7) is 0. The summed E-state index contributed by atoms with van der Waals surface area (Å²) < 4.78 is 24.2. The van der Waals surface area contributed by atoms with E-state index in [1.165, 1.54) is 14.2 Å². The average molecular weight is 302 g/mol. The fourth-order valence-electron chi connectivity index (χ4n) is 2.04. The molecule has 0 aliphatic carbocycles. The molecule has 0 saturated heterocycles. The molecule has 0 aliphatic rings. The van der Waals surface area contributed by atoms with E-state index in [1.54, 1.807) is 48.5 Å². The van der Waals surface area contributed by atoms with Gasteiger partial charge in [-0.2, -0.15) is 4.39 Å². The Bertz CT molecular complexity index is 638. The van der Waals surface area contributed by atoms with Gasteiger partial charge in [-0.25, -0.2) is 4.79 Å². The number of ether oxygens (including phenoxy) is 2. The maximum absolute atomic E-state index is 14.1. The Morgan fingerprint density at radius 1 is 0.864 bits per heavy atom. The van der Waals surface area contributed by atoms with Crippen molar-refractivity contribution in [2.45, 2.75) is 0 Å². The van der Waals surface area contributed by atoms with E-state index in [4.69, 9.17) is 14.6 Å². The fourth-order valence-corrected chi connectivity index (χ4v) is 2.04. The minimum atomic E-state index is -1.61. The molecule has 114 valence electrons. The van der Waals surface area contributed by atoms with Crippen molar-refractivity contribution in [3.05, 3.63) is 65.5 Å². The smallest absolute Gasteiger partial charge is 0.365 e. The summed E-state index contributed by atoms with van der Waals surface area (Å²) in [5.74, 6) is -1.61. The van der Waals surface area contributed by atoms with Crippen LogP contribution >= 0.6 is 0 Å². The maximum Gasteiger partial charge on any atom is 0.365 e. The molecule has 0 fully saturated rings. The summed E-state index contributed by atoms with van der Waals surface area (Å²) in [6, 6.07) is 13.0. The molecule has 2 aromatic rings. The van der Waals surface area contributed by atoms with E-state index >= 15 is 0 Å². The second-order valence-electron chi connectivity index (χ2n) is 4.45. The third-order valence-electron chi connectivity index (χ3n) is 3.16. The second-order valence-corrected chi connectivity index (χ2v) is 4.45. The third kappa shape index (κ3) is 3.25. The quantitative estimate of drug-likeness (QED) is 0.859. The molecule has 0 aromatic heterocycles. The maximum atomic E-state index is 14.1. The van der Waals surface area contributed by atoms with Crippen molar-refractivity contribution in [3.8, 4) is 11.5 Å². The predicted octanol–water partition coefficient (Wildman–Crippen LogP) is 3.52.